The number of aromatic nitrogens is 2. The first kappa shape index (κ1) is 20.3. The summed E-state index contributed by atoms with van der Waals surface area (Å²) in [5.74, 6) is 1.24. The molecule has 0 bridgehead atoms. The molecule has 156 valence electrons. The van der Waals surface area contributed by atoms with Crippen molar-refractivity contribution >= 4 is 22.6 Å². The lowest BCUT2D eigenvalue weighted by atomic mass is 9.96. The van der Waals surface area contributed by atoms with Gasteiger partial charge in [-0.05, 0) is 51.3 Å². The van der Waals surface area contributed by atoms with E-state index in [1.54, 1.807) is 0 Å². The first-order valence-corrected chi connectivity index (χ1v) is 11.6. The van der Waals surface area contributed by atoms with E-state index in [9.17, 15) is 4.79 Å². The van der Waals surface area contributed by atoms with Crippen molar-refractivity contribution in [3.05, 3.63) is 41.2 Å². The monoisotopic (exact) mass is 413 g/mol. The van der Waals surface area contributed by atoms with Gasteiger partial charge in [-0.1, -0.05) is 29.8 Å². The Hall–Kier alpha value is -1.99. The highest BCUT2D eigenvalue weighted by atomic mass is 32.1. The fourth-order valence-corrected chi connectivity index (χ4v) is 4.89. The zero-order valence-corrected chi connectivity index (χ0v) is 18.1. The molecule has 6 nitrogen and oxygen atoms in total. The summed E-state index contributed by atoms with van der Waals surface area (Å²) in [5.41, 5.74) is 2.51. The molecule has 3 heterocycles. The first-order valence-electron chi connectivity index (χ1n) is 10.8. The van der Waals surface area contributed by atoms with Gasteiger partial charge in [0.1, 0.15) is 5.82 Å². The predicted octanol–water partition coefficient (Wildman–Crippen LogP) is 2.87. The quantitative estimate of drug-likeness (QED) is 0.756. The molecular formula is C22H31N5OS. The fourth-order valence-electron chi connectivity index (χ4n) is 4.15. The Morgan fingerprint density at radius 2 is 1.86 bits per heavy atom. The van der Waals surface area contributed by atoms with E-state index in [4.69, 9.17) is 4.98 Å². The molecule has 29 heavy (non-hydrogen) atoms. The van der Waals surface area contributed by atoms with Crippen LogP contribution in [0.25, 0.3) is 0 Å². The van der Waals surface area contributed by atoms with E-state index in [-0.39, 0.29) is 11.8 Å². The number of anilines is 1. The minimum atomic E-state index is 0.129. The number of aryl methyl sites for hydroxylation is 1. The summed E-state index contributed by atoms with van der Waals surface area (Å²) in [6, 6.07) is 8.54. The van der Waals surface area contributed by atoms with Crippen LogP contribution in [0.4, 0.5) is 5.13 Å². The van der Waals surface area contributed by atoms with Crippen LogP contribution < -0.4 is 10.2 Å². The maximum absolute atomic E-state index is 12.5. The number of nitrogens with one attached hydrogen (secondary N) is 1. The summed E-state index contributed by atoms with van der Waals surface area (Å²) in [7, 11) is 0. The zero-order valence-electron chi connectivity index (χ0n) is 17.3. The van der Waals surface area contributed by atoms with Crippen LogP contribution in [0.2, 0.25) is 0 Å². The van der Waals surface area contributed by atoms with Crippen molar-refractivity contribution in [3.63, 3.8) is 0 Å². The number of nitrogens with zero attached hydrogens (tertiary/aromatic N) is 4. The predicted molar refractivity (Wildman–Crippen MR) is 118 cm³/mol. The summed E-state index contributed by atoms with van der Waals surface area (Å²) in [5, 5.41) is 4.13. The molecule has 2 aliphatic rings. The molecule has 0 aliphatic carbocycles. The normalized spacial score (nSPS) is 18.3. The molecule has 0 unspecified atom stereocenters. The van der Waals surface area contributed by atoms with Crippen molar-refractivity contribution in [1.82, 2.24) is 19.6 Å². The average Bonchev–Trinajstić information content (AvgIpc) is 3.42. The molecule has 4 rings (SSSR count). The van der Waals surface area contributed by atoms with Gasteiger partial charge in [0.2, 0.25) is 11.0 Å². The van der Waals surface area contributed by atoms with Gasteiger partial charge in [-0.2, -0.15) is 4.37 Å². The van der Waals surface area contributed by atoms with Crippen LogP contribution in [0, 0.1) is 12.8 Å². The molecule has 0 spiro atoms. The van der Waals surface area contributed by atoms with Gasteiger partial charge in [0.15, 0.2) is 0 Å². The number of rotatable bonds is 7. The van der Waals surface area contributed by atoms with Crippen LogP contribution in [0.5, 0.6) is 0 Å². The van der Waals surface area contributed by atoms with Crippen LogP contribution in [0.1, 0.15) is 42.6 Å². The molecule has 2 fully saturated rings. The standard InChI is InChI=1S/C22H31N5OS/c1-17-4-6-18(7-5-17)16-20-24-22(29-25-20)27-13-8-19(9-14-27)21(28)23-10-15-26-11-2-3-12-26/h4-7,19H,2-3,8-16H2,1H3,(H,23,28). The van der Waals surface area contributed by atoms with E-state index in [0.29, 0.717) is 0 Å². The lowest BCUT2D eigenvalue weighted by Crippen LogP contribution is -2.42. The molecular weight excluding hydrogens is 382 g/mol. The smallest absolute Gasteiger partial charge is 0.223 e. The molecule has 2 aliphatic heterocycles. The lowest BCUT2D eigenvalue weighted by Gasteiger charge is -2.30. The second-order valence-corrected chi connectivity index (χ2v) is 8.99. The van der Waals surface area contributed by atoms with Crippen LogP contribution in [0.15, 0.2) is 24.3 Å². The molecule has 1 N–H and O–H groups in total. The molecule has 0 atom stereocenters. The lowest BCUT2D eigenvalue weighted by molar-refractivity contribution is -0.125. The highest BCUT2D eigenvalue weighted by molar-refractivity contribution is 7.09. The first-order chi connectivity index (χ1) is 14.2. The largest absolute Gasteiger partial charge is 0.355 e. The average molecular weight is 414 g/mol. The topological polar surface area (TPSA) is 61.4 Å². The second kappa shape index (κ2) is 9.67. The molecule has 2 aromatic rings. The maximum Gasteiger partial charge on any atom is 0.223 e. The Balaban J connectivity index is 1.21. The van der Waals surface area contributed by atoms with Gasteiger partial charge in [0.05, 0.1) is 0 Å². The van der Waals surface area contributed by atoms with E-state index in [1.165, 1.54) is 48.6 Å². The number of carbonyl (C=O) groups excluding carboxylic acids is 1. The van der Waals surface area contributed by atoms with Gasteiger partial charge in [0.25, 0.3) is 0 Å². The number of amides is 1. The van der Waals surface area contributed by atoms with Crippen LogP contribution in [-0.4, -0.2) is 59.4 Å². The molecule has 1 aromatic carbocycles. The number of hydrogen-bond donors (Lipinski definition) is 1. The van der Waals surface area contributed by atoms with E-state index in [2.05, 4.69) is 50.7 Å². The fraction of sp³-hybridized carbons (Fsp3) is 0.591. The number of likely N-dealkylation sites (tertiary alicyclic amines) is 1. The van der Waals surface area contributed by atoms with Gasteiger partial charge in [-0.25, -0.2) is 4.98 Å². The van der Waals surface area contributed by atoms with E-state index in [0.717, 1.165) is 56.4 Å². The maximum atomic E-state index is 12.5. The number of piperidine rings is 1. The Morgan fingerprint density at radius 1 is 1.14 bits per heavy atom. The number of benzene rings is 1. The Bertz CT molecular complexity index is 792. The van der Waals surface area contributed by atoms with E-state index < -0.39 is 0 Å². The van der Waals surface area contributed by atoms with Crippen LogP contribution >= 0.6 is 11.5 Å². The van der Waals surface area contributed by atoms with Crippen LogP contribution in [0.3, 0.4) is 0 Å². The number of hydrogen-bond acceptors (Lipinski definition) is 6. The van der Waals surface area contributed by atoms with Crippen molar-refractivity contribution in [2.24, 2.45) is 5.92 Å². The minimum Gasteiger partial charge on any atom is -0.355 e. The van der Waals surface area contributed by atoms with Gasteiger partial charge in [-0.3, -0.25) is 4.79 Å². The van der Waals surface area contributed by atoms with Gasteiger partial charge in [0, 0.05) is 50.1 Å². The summed E-state index contributed by atoms with van der Waals surface area (Å²) in [4.78, 5) is 21.9. The van der Waals surface area contributed by atoms with Crippen LogP contribution in [-0.2, 0) is 11.2 Å². The van der Waals surface area contributed by atoms with Gasteiger partial charge < -0.3 is 15.1 Å². The van der Waals surface area contributed by atoms with Crippen molar-refractivity contribution in [2.45, 2.75) is 39.0 Å². The van der Waals surface area contributed by atoms with Crippen molar-refractivity contribution in [1.29, 1.82) is 0 Å². The molecule has 7 heteroatoms. The summed E-state index contributed by atoms with van der Waals surface area (Å²) >= 11 is 1.47. The highest BCUT2D eigenvalue weighted by Gasteiger charge is 2.26. The molecule has 1 aromatic heterocycles. The molecule has 2 saturated heterocycles. The summed E-state index contributed by atoms with van der Waals surface area (Å²) in [6.45, 7) is 7.98. The van der Waals surface area contributed by atoms with E-state index in [1.807, 2.05) is 0 Å². The third-order valence-corrected chi connectivity index (χ3v) is 6.82. The van der Waals surface area contributed by atoms with E-state index >= 15 is 0 Å². The SMILES string of the molecule is Cc1ccc(Cc2nsc(N3CCC(C(=O)NCCN4CCCC4)CC3)n2)cc1. The summed E-state index contributed by atoms with van der Waals surface area (Å²) in [6.07, 6.45) is 5.15. The van der Waals surface area contributed by atoms with Gasteiger partial charge in [-0.15, -0.1) is 0 Å². The molecule has 1 amide bonds. The third-order valence-electron chi connectivity index (χ3n) is 6.00. The summed E-state index contributed by atoms with van der Waals surface area (Å²) < 4.78 is 4.55. The zero-order chi connectivity index (χ0) is 20.1. The Morgan fingerprint density at radius 3 is 2.59 bits per heavy atom. The van der Waals surface area contributed by atoms with Crippen molar-refractivity contribution in [2.75, 3.05) is 44.2 Å². The Labute approximate surface area is 177 Å². The highest BCUT2D eigenvalue weighted by Crippen LogP contribution is 2.25. The second-order valence-electron chi connectivity index (χ2n) is 8.26. The van der Waals surface area contributed by atoms with Crippen molar-refractivity contribution in [3.8, 4) is 0 Å². The molecule has 0 saturated carbocycles. The number of carbonyl (C=O) groups is 1. The third kappa shape index (κ3) is 5.54. The molecule has 0 radical (unpaired) electrons. The Kier molecular flexibility index (Phi) is 6.77. The van der Waals surface area contributed by atoms with Gasteiger partial charge >= 0.3 is 0 Å². The van der Waals surface area contributed by atoms with Crippen molar-refractivity contribution < 1.29 is 4.79 Å². The minimum absolute atomic E-state index is 0.129.